The zero-order chi connectivity index (χ0) is 9.26. The molecule has 1 saturated heterocycles. The van der Waals surface area contributed by atoms with Gasteiger partial charge < -0.3 is 5.73 Å². The minimum absolute atomic E-state index is 0.371. The third-order valence-corrected chi connectivity index (χ3v) is 3.61. The van der Waals surface area contributed by atoms with E-state index < -0.39 is 0 Å². The van der Waals surface area contributed by atoms with Crippen molar-refractivity contribution in [1.82, 2.24) is 9.88 Å². The van der Waals surface area contributed by atoms with E-state index in [1.54, 1.807) is 11.3 Å². The molecule has 1 aromatic heterocycles. The Bertz CT molecular complexity index is 260. The van der Waals surface area contributed by atoms with Crippen LogP contribution in [-0.4, -0.2) is 29.0 Å². The van der Waals surface area contributed by atoms with Gasteiger partial charge in [-0.15, -0.1) is 11.3 Å². The molecule has 0 spiro atoms. The molecule has 1 aromatic rings. The monoisotopic (exact) mass is 197 g/mol. The topological polar surface area (TPSA) is 42.2 Å². The van der Waals surface area contributed by atoms with Crippen molar-refractivity contribution in [3.63, 3.8) is 0 Å². The molecule has 1 aliphatic rings. The normalized spacial score (nSPS) is 26.5. The largest absolute Gasteiger partial charge is 0.326 e. The van der Waals surface area contributed by atoms with E-state index in [-0.39, 0.29) is 0 Å². The molecule has 2 N–H and O–H groups in total. The second-order valence-corrected chi connectivity index (χ2v) is 4.54. The molecule has 1 fully saturated rings. The minimum atomic E-state index is 0.371. The van der Waals surface area contributed by atoms with E-state index in [1.807, 2.05) is 11.7 Å². The summed E-state index contributed by atoms with van der Waals surface area (Å²) in [6.45, 7) is 4.38. The first kappa shape index (κ1) is 9.12. The SMILES string of the molecule is CC(c1cncs1)N1CCC(N)C1. The van der Waals surface area contributed by atoms with Crippen molar-refractivity contribution in [2.45, 2.75) is 25.4 Å². The summed E-state index contributed by atoms with van der Waals surface area (Å²) in [7, 11) is 0. The standard InChI is InChI=1S/C9H15N3S/c1-7(9-4-11-6-13-9)12-3-2-8(10)5-12/h4,6-8H,2-3,5,10H2,1H3. The maximum atomic E-state index is 5.86. The summed E-state index contributed by atoms with van der Waals surface area (Å²) in [6, 6.07) is 0.858. The van der Waals surface area contributed by atoms with Crippen molar-refractivity contribution in [3.8, 4) is 0 Å². The van der Waals surface area contributed by atoms with E-state index in [1.165, 1.54) is 4.88 Å². The summed E-state index contributed by atoms with van der Waals surface area (Å²) in [6.07, 6.45) is 3.09. The van der Waals surface area contributed by atoms with Gasteiger partial charge in [0.1, 0.15) is 0 Å². The van der Waals surface area contributed by atoms with Gasteiger partial charge in [-0.2, -0.15) is 0 Å². The van der Waals surface area contributed by atoms with Gasteiger partial charge in [0.05, 0.1) is 5.51 Å². The van der Waals surface area contributed by atoms with Crippen LogP contribution in [0.5, 0.6) is 0 Å². The number of likely N-dealkylation sites (tertiary alicyclic amines) is 1. The smallest absolute Gasteiger partial charge is 0.0794 e. The molecule has 2 atom stereocenters. The van der Waals surface area contributed by atoms with Crippen LogP contribution in [-0.2, 0) is 0 Å². The third-order valence-electron chi connectivity index (χ3n) is 2.67. The average Bonchev–Trinajstić information content (AvgIpc) is 2.72. The van der Waals surface area contributed by atoms with Crippen molar-refractivity contribution in [2.75, 3.05) is 13.1 Å². The summed E-state index contributed by atoms with van der Waals surface area (Å²) >= 11 is 1.73. The first-order chi connectivity index (χ1) is 6.27. The highest BCUT2D eigenvalue weighted by Crippen LogP contribution is 2.26. The third kappa shape index (κ3) is 1.90. The summed E-state index contributed by atoms with van der Waals surface area (Å²) < 4.78 is 0. The van der Waals surface area contributed by atoms with E-state index in [9.17, 15) is 0 Å². The van der Waals surface area contributed by atoms with Crippen molar-refractivity contribution in [2.24, 2.45) is 5.73 Å². The van der Waals surface area contributed by atoms with Gasteiger partial charge in [0.15, 0.2) is 0 Å². The van der Waals surface area contributed by atoms with Crippen molar-refractivity contribution in [1.29, 1.82) is 0 Å². The molecule has 3 nitrogen and oxygen atoms in total. The van der Waals surface area contributed by atoms with E-state index >= 15 is 0 Å². The number of hydrogen-bond donors (Lipinski definition) is 1. The average molecular weight is 197 g/mol. The zero-order valence-electron chi connectivity index (χ0n) is 7.81. The van der Waals surface area contributed by atoms with Crippen LogP contribution in [0, 0.1) is 0 Å². The van der Waals surface area contributed by atoms with Gasteiger partial charge in [-0.25, -0.2) is 0 Å². The van der Waals surface area contributed by atoms with Crippen LogP contribution in [0.4, 0.5) is 0 Å². The predicted molar refractivity (Wildman–Crippen MR) is 54.7 cm³/mol. The molecule has 1 aliphatic heterocycles. The second-order valence-electron chi connectivity index (χ2n) is 3.62. The number of nitrogens with two attached hydrogens (primary N) is 1. The van der Waals surface area contributed by atoms with E-state index in [0.29, 0.717) is 12.1 Å². The van der Waals surface area contributed by atoms with Crippen LogP contribution < -0.4 is 5.73 Å². The molecule has 0 bridgehead atoms. The molecule has 2 heterocycles. The molecule has 0 aliphatic carbocycles. The van der Waals surface area contributed by atoms with E-state index in [4.69, 9.17) is 5.73 Å². The van der Waals surface area contributed by atoms with Gasteiger partial charge in [0.25, 0.3) is 0 Å². The minimum Gasteiger partial charge on any atom is -0.326 e. The molecule has 2 rings (SSSR count). The number of hydrogen-bond acceptors (Lipinski definition) is 4. The number of aromatic nitrogens is 1. The fraction of sp³-hybridized carbons (Fsp3) is 0.667. The van der Waals surface area contributed by atoms with Crippen LogP contribution in [0.25, 0.3) is 0 Å². The molecular weight excluding hydrogens is 182 g/mol. The Hall–Kier alpha value is -0.450. The lowest BCUT2D eigenvalue weighted by atomic mass is 10.2. The first-order valence-corrected chi connectivity index (χ1v) is 5.53. The van der Waals surface area contributed by atoms with Crippen LogP contribution in [0.1, 0.15) is 24.3 Å². The molecule has 13 heavy (non-hydrogen) atoms. The lowest BCUT2D eigenvalue weighted by molar-refractivity contribution is 0.263. The highest BCUT2D eigenvalue weighted by atomic mass is 32.1. The Morgan fingerprint density at radius 1 is 1.77 bits per heavy atom. The maximum Gasteiger partial charge on any atom is 0.0794 e. The molecule has 4 heteroatoms. The Morgan fingerprint density at radius 2 is 2.62 bits per heavy atom. The zero-order valence-corrected chi connectivity index (χ0v) is 8.63. The summed E-state index contributed by atoms with van der Waals surface area (Å²) in [5.74, 6) is 0. The molecule has 0 amide bonds. The number of thiazole rings is 1. The lowest BCUT2D eigenvalue weighted by Crippen LogP contribution is -2.28. The fourth-order valence-corrected chi connectivity index (χ4v) is 2.49. The van der Waals surface area contributed by atoms with Crippen LogP contribution in [0.3, 0.4) is 0 Å². The summed E-state index contributed by atoms with van der Waals surface area (Å²) in [4.78, 5) is 7.86. The van der Waals surface area contributed by atoms with Gasteiger partial charge in [-0.1, -0.05) is 0 Å². The van der Waals surface area contributed by atoms with Crippen LogP contribution in [0.15, 0.2) is 11.7 Å². The Balaban J connectivity index is 2.02. The Morgan fingerprint density at radius 3 is 3.15 bits per heavy atom. The predicted octanol–water partition coefficient (Wildman–Crippen LogP) is 1.24. The number of rotatable bonds is 2. The van der Waals surface area contributed by atoms with Gasteiger partial charge in [-0.3, -0.25) is 9.88 Å². The summed E-state index contributed by atoms with van der Waals surface area (Å²) in [5.41, 5.74) is 7.75. The molecule has 72 valence electrons. The highest BCUT2D eigenvalue weighted by molar-refractivity contribution is 7.09. The van der Waals surface area contributed by atoms with Crippen molar-refractivity contribution < 1.29 is 0 Å². The van der Waals surface area contributed by atoms with Gasteiger partial charge >= 0.3 is 0 Å². The Kier molecular flexibility index (Phi) is 2.62. The van der Waals surface area contributed by atoms with Crippen molar-refractivity contribution >= 4 is 11.3 Å². The van der Waals surface area contributed by atoms with Gasteiger partial charge in [-0.05, 0) is 13.3 Å². The van der Waals surface area contributed by atoms with Crippen LogP contribution in [0.2, 0.25) is 0 Å². The van der Waals surface area contributed by atoms with Gasteiger partial charge in [0.2, 0.25) is 0 Å². The molecule has 0 radical (unpaired) electrons. The fourth-order valence-electron chi connectivity index (χ4n) is 1.78. The molecule has 2 unspecified atom stereocenters. The quantitative estimate of drug-likeness (QED) is 0.775. The highest BCUT2D eigenvalue weighted by Gasteiger charge is 2.24. The lowest BCUT2D eigenvalue weighted by Gasteiger charge is -2.22. The van der Waals surface area contributed by atoms with Crippen molar-refractivity contribution in [3.05, 3.63) is 16.6 Å². The molecule has 0 saturated carbocycles. The Labute approximate surface area is 82.6 Å². The van der Waals surface area contributed by atoms with Crippen LogP contribution >= 0.6 is 11.3 Å². The van der Waals surface area contributed by atoms with Gasteiger partial charge in [0, 0.05) is 36.2 Å². The molecular formula is C9H15N3S. The molecule has 0 aromatic carbocycles. The first-order valence-electron chi connectivity index (χ1n) is 4.65. The second kappa shape index (κ2) is 3.74. The maximum absolute atomic E-state index is 5.86. The summed E-state index contributed by atoms with van der Waals surface area (Å²) in [5, 5.41) is 0. The van der Waals surface area contributed by atoms with E-state index in [0.717, 1.165) is 19.5 Å². The van der Waals surface area contributed by atoms with E-state index in [2.05, 4.69) is 16.8 Å². The number of nitrogens with zero attached hydrogens (tertiary/aromatic N) is 2.